The molecule has 0 saturated carbocycles. The number of H-pyrrole nitrogens is 1. The van der Waals surface area contributed by atoms with E-state index in [4.69, 9.17) is 16.3 Å². The molecule has 0 fully saturated rings. The number of halogens is 1. The van der Waals surface area contributed by atoms with E-state index in [0.29, 0.717) is 17.8 Å². The van der Waals surface area contributed by atoms with E-state index in [1.807, 2.05) is 12.1 Å². The van der Waals surface area contributed by atoms with Crippen LogP contribution in [0.1, 0.15) is 26.4 Å². The van der Waals surface area contributed by atoms with Crippen LogP contribution >= 0.6 is 11.6 Å². The van der Waals surface area contributed by atoms with Crippen LogP contribution in [0.5, 0.6) is 0 Å². The Hall–Kier alpha value is -3.10. The van der Waals surface area contributed by atoms with Gasteiger partial charge in [0.25, 0.3) is 10.0 Å². The van der Waals surface area contributed by atoms with E-state index in [1.54, 1.807) is 30.5 Å². The largest absolute Gasteiger partial charge is 0.454 e. The fourth-order valence-electron chi connectivity index (χ4n) is 3.30. The summed E-state index contributed by atoms with van der Waals surface area (Å²) in [7, 11) is -3.98. The van der Waals surface area contributed by atoms with E-state index in [1.165, 1.54) is 22.5 Å². The van der Waals surface area contributed by atoms with E-state index in [9.17, 15) is 18.0 Å². The van der Waals surface area contributed by atoms with E-state index < -0.39 is 28.4 Å². The van der Waals surface area contributed by atoms with Crippen LogP contribution in [-0.2, 0) is 21.2 Å². The summed E-state index contributed by atoms with van der Waals surface area (Å²) < 4.78 is 32.8. The molecule has 2 heterocycles. The first-order valence-electron chi connectivity index (χ1n) is 9.12. The predicted octanol–water partition coefficient (Wildman–Crippen LogP) is 3.46. The number of aromatic amines is 1. The lowest BCUT2D eigenvalue weighted by atomic mass is 10.2. The van der Waals surface area contributed by atoms with Crippen LogP contribution in [0.15, 0.2) is 65.7 Å². The van der Waals surface area contributed by atoms with Crippen LogP contribution in [0.4, 0.5) is 5.69 Å². The van der Waals surface area contributed by atoms with Gasteiger partial charge in [0.2, 0.25) is 5.78 Å². The quantitative estimate of drug-likeness (QED) is 0.464. The highest BCUT2D eigenvalue weighted by Gasteiger charge is 2.32. The molecule has 1 aliphatic heterocycles. The average Bonchev–Trinajstić information content (AvgIpc) is 3.42. The van der Waals surface area contributed by atoms with Gasteiger partial charge in [-0.25, -0.2) is 13.2 Å². The zero-order valence-corrected chi connectivity index (χ0v) is 17.2. The molecule has 7 nitrogen and oxygen atoms in total. The molecule has 0 aliphatic carbocycles. The zero-order valence-electron chi connectivity index (χ0n) is 15.7. The van der Waals surface area contributed by atoms with Crippen LogP contribution in [0.2, 0.25) is 5.02 Å². The van der Waals surface area contributed by atoms with Crippen molar-refractivity contribution in [2.24, 2.45) is 0 Å². The van der Waals surface area contributed by atoms with E-state index in [2.05, 4.69) is 4.98 Å². The minimum absolute atomic E-state index is 0.00149. The van der Waals surface area contributed by atoms with Crippen molar-refractivity contribution >= 4 is 39.1 Å². The molecule has 0 unspecified atom stereocenters. The predicted molar refractivity (Wildman–Crippen MR) is 112 cm³/mol. The molecule has 1 aliphatic rings. The number of esters is 1. The van der Waals surface area contributed by atoms with Gasteiger partial charge in [-0.15, -0.1) is 0 Å². The number of sulfonamides is 1. The SMILES string of the molecule is O=C(OCC(=O)c1ccc[nH]1)c1ccc(Cl)c(S(=O)(=O)N2CCc3ccccc32)c1. The molecule has 1 N–H and O–H groups in total. The topological polar surface area (TPSA) is 96.5 Å². The van der Waals surface area contributed by atoms with Gasteiger partial charge in [0.05, 0.1) is 22.0 Å². The maximum Gasteiger partial charge on any atom is 0.338 e. The van der Waals surface area contributed by atoms with E-state index in [-0.39, 0.29) is 22.0 Å². The summed E-state index contributed by atoms with van der Waals surface area (Å²) in [5.41, 5.74) is 1.83. The van der Waals surface area contributed by atoms with Gasteiger partial charge in [-0.1, -0.05) is 29.8 Å². The lowest BCUT2D eigenvalue weighted by molar-refractivity contribution is 0.0473. The number of para-hydroxylation sites is 1. The van der Waals surface area contributed by atoms with Crippen LogP contribution in [0.25, 0.3) is 0 Å². The number of benzene rings is 2. The van der Waals surface area contributed by atoms with Gasteiger partial charge in [-0.2, -0.15) is 0 Å². The van der Waals surface area contributed by atoms with Gasteiger partial charge in [-0.3, -0.25) is 9.10 Å². The Morgan fingerprint density at radius 3 is 2.67 bits per heavy atom. The standard InChI is InChI=1S/C21H17ClN2O5S/c22-16-8-7-15(21(26)29-13-19(25)17-5-3-10-23-17)12-20(16)30(27,28)24-11-9-14-4-1-2-6-18(14)24/h1-8,10,12,23H,9,11,13H2. The average molecular weight is 445 g/mol. The van der Waals surface area contributed by atoms with E-state index in [0.717, 1.165) is 5.56 Å². The highest BCUT2D eigenvalue weighted by molar-refractivity contribution is 7.93. The second-order valence-electron chi connectivity index (χ2n) is 6.68. The van der Waals surface area contributed by atoms with Gasteiger partial charge >= 0.3 is 5.97 Å². The van der Waals surface area contributed by atoms with Gasteiger partial charge in [0.1, 0.15) is 4.90 Å². The summed E-state index contributed by atoms with van der Waals surface area (Å²) in [5.74, 6) is -1.21. The molecule has 0 amide bonds. The number of carbonyl (C=O) groups is 2. The highest BCUT2D eigenvalue weighted by Crippen LogP contribution is 2.35. The molecule has 0 saturated heterocycles. The zero-order chi connectivity index (χ0) is 21.3. The summed E-state index contributed by atoms with van der Waals surface area (Å²) in [5, 5.41) is -0.00149. The molecule has 1 aromatic heterocycles. The van der Waals surface area contributed by atoms with Crippen molar-refractivity contribution in [1.29, 1.82) is 0 Å². The monoisotopic (exact) mass is 444 g/mol. The summed E-state index contributed by atoms with van der Waals surface area (Å²) in [6, 6.07) is 14.3. The summed E-state index contributed by atoms with van der Waals surface area (Å²) in [6.07, 6.45) is 2.18. The number of nitrogens with one attached hydrogen (secondary N) is 1. The molecular formula is C21H17ClN2O5S. The first-order chi connectivity index (χ1) is 14.4. The van der Waals surface area contributed by atoms with Crippen molar-refractivity contribution in [2.45, 2.75) is 11.3 Å². The smallest absolute Gasteiger partial charge is 0.338 e. The Balaban J connectivity index is 1.57. The molecule has 0 bridgehead atoms. The third kappa shape index (κ3) is 3.71. The highest BCUT2D eigenvalue weighted by atomic mass is 35.5. The number of hydrogen-bond donors (Lipinski definition) is 1. The third-order valence-electron chi connectivity index (χ3n) is 4.81. The van der Waals surface area contributed by atoms with Gasteiger partial charge in [-0.05, 0) is 48.4 Å². The van der Waals surface area contributed by atoms with Crippen molar-refractivity contribution in [3.8, 4) is 0 Å². The molecule has 154 valence electrons. The third-order valence-corrected chi connectivity index (χ3v) is 7.11. The second kappa shape index (κ2) is 7.97. The Morgan fingerprint density at radius 1 is 1.10 bits per heavy atom. The van der Waals surface area contributed by atoms with Crippen LogP contribution in [-0.4, -0.2) is 38.3 Å². The number of aromatic nitrogens is 1. The molecular weight excluding hydrogens is 428 g/mol. The number of hydrogen-bond acceptors (Lipinski definition) is 5. The van der Waals surface area contributed by atoms with Crippen LogP contribution < -0.4 is 4.31 Å². The van der Waals surface area contributed by atoms with Crippen molar-refractivity contribution in [1.82, 2.24) is 4.98 Å². The molecule has 30 heavy (non-hydrogen) atoms. The van der Waals surface area contributed by atoms with Crippen LogP contribution in [0, 0.1) is 0 Å². The van der Waals surface area contributed by atoms with Gasteiger partial charge in [0, 0.05) is 12.7 Å². The first kappa shape index (κ1) is 20.2. The van der Waals surface area contributed by atoms with Crippen molar-refractivity contribution in [2.75, 3.05) is 17.5 Å². The molecule has 0 atom stereocenters. The van der Waals surface area contributed by atoms with Gasteiger partial charge in [0.15, 0.2) is 6.61 Å². The number of fused-ring (bicyclic) bond motifs is 1. The Bertz CT molecular complexity index is 1220. The van der Waals surface area contributed by atoms with Crippen molar-refractivity contribution in [3.63, 3.8) is 0 Å². The maximum absolute atomic E-state index is 13.2. The molecule has 3 aromatic rings. The number of rotatable bonds is 6. The molecule has 2 aromatic carbocycles. The lowest BCUT2D eigenvalue weighted by Crippen LogP contribution is -2.29. The lowest BCUT2D eigenvalue weighted by Gasteiger charge is -2.20. The summed E-state index contributed by atoms with van der Waals surface area (Å²) in [4.78, 5) is 26.9. The molecule has 9 heteroatoms. The van der Waals surface area contributed by atoms with Crippen LogP contribution in [0.3, 0.4) is 0 Å². The first-order valence-corrected chi connectivity index (χ1v) is 10.9. The summed E-state index contributed by atoms with van der Waals surface area (Å²) >= 11 is 6.17. The molecule has 0 spiro atoms. The number of ether oxygens (including phenoxy) is 1. The number of ketones is 1. The van der Waals surface area contributed by atoms with Crippen molar-refractivity contribution in [3.05, 3.63) is 82.6 Å². The minimum Gasteiger partial charge on any atom is -0.454 e. The Morgan fingerprint density at radius 2 is 1.90 bits per heavy atom. The minimum atomic E-state index is -3.98. The molecule has 0 radical (unpaired) electrons. The summed E-state index contributed by atoms with van der Waals surface area (Å²) in [6.45, 7) is -0.180. The number of Topliss-reactive ketones (excluding diaryl/α,β-unsaturated/α-hetero) is 1. The second-order valence-corrected chi connectivity index (χ2v) is 8.92. The molecule has 4 rings (SSSR count). The maximum atomic E-state index is 13.2. The van der Waals surface area contributed by atoms with E-state index >= 15 is 0 Å². The normalized spacial score (nSPS) is 13.2. The number of nitrogens with zero attached hydrogens (tertiary/aromatic N) is 1. The number of anilines is 1. The fourth-order valence-corrected chi connectivity index (χ4v) is 5.31. The Kier molecular flexibility index (Phi) is 5.36. The Labute approximate surface area is 178 Å². The van der Waals surface area contributed by atoms with Crippen molar-refractivity contribution < 1.29 is 22.7 Å². The fraction of sp³-hybridized carbons (Fsp3) is 0.143. The van der Waals surface area contributed by atoms with Gasteiger partial charge < -0.3 is 9.72 Å². The number of carbonyl (C=O) groups excluding carboxylic acids is 2.